The molecule has 28 heavy (non-hydrogen) atoms. The van der Waals surface area contributed by atoms with Gasteiger partial charge in [-0.3, -0.25) is 30.0 Å². The monoisotopic (exact) mass is 382 g/mol. The van der Waals surface area contributed by atoms with Gasteiger partial charge >= 0.3 is 0 Å². The molecule has 0 spiro atoms. The summed E-state index contributed by atoms with van der Waals surface area (Å²) in [5.41, 5.74) is 4.05. The fourth-order valence-electron chi connectivity index (χ4n) is 2.85. The quantitative estimate of drug-likeness (QED) is 0.247. The van der Waals surface area contributed by atoms with Crippen LogP contribution in [0.4, 0.5) is 11.4 Å². The van der Waals surface area contributed by atoms with Crippen LogP contribution < -0.4 is 10.2 Å². The maximum absolute atomic E-state index is 12.3. The number of fused-ring (bicyclic) bond motifs is 1. The summed E-state index contributed by atoms with van der Waals surface area (Å²) in [5.74, 6) is -0.241. The lowest BCUT2D eigenvalue weighted by molar-refractivity contribution is -0.384. The molecule has 9 heteroatoms. The molecule has 0 saturated heterocycles. The van der Waals surface area contributed by atoms with E-state index in [9.17, 15) is 19.7 Å². The maximum Gasteiger partial charge on any atom is 0.273 e. The lowest BCUT2D eigenvalue weighted by atomic mass is 10.1. The molecule has 0 unspecified atom stereocenters. The molecule has 0 radical (unpaired) electrons. The van der Waals surface area contributed by atoms with Crippen LogP contribution >= 0.6 is 0 Å². The van der Waals surface area contributed by atoms with E-state index in [0.29, 0.717) is 42.0 Å². The van der Waals surface area contributed by atoms with Gasteiger partial charge in [-0.15, -0.1) is 0 Å². The minimum Gasteiger partial charge on any atom is -0.494 e. The van der Waals surface area contributed by atoms with Gasteiger partial charge in [0.1, 0.15) is 0 Å². The highest BCUT2D eigenvalue weighted by molar-refractivity contribution is 6.21. The zero-order valence-electron chi connectivity index (χ0n) is 15.1. The Labute approximate surface area is 160 Å². The SMILES string of the molecule is COc1cc([N+](=O)[O-])ccc1N/N=C\CCCN1C(=O)c2ccccc2C1=O. The number of rotatable bonds is 8. The predicted molar refractivity (Wildman–Crippen MR) is 103 cm³/mol. The molecule has 1 aliphatic rings. The van der Waals surface area contributed by atoms with Crippen LogP contribution in [-0.2, 0) is 0 Å². The van der Waals surface area contributed by atoms with Gasteiger partial charge in [0, 0.05) is 18.8 Å². The number of nitrogens with one attached hydrogen (secondary N) is 1. The van der Waals surface area contributed by atoms with Crippen molar-refractivity contribution in [3.8, 4) is 5.75 Å². The first kappa shape index (κ1) is 19.0. The van der Waals surface area contributed by atoms with Gasteiger partial charge in [-0.25, -0.2) is 0 Å². The third-order valence-corrected chi connectivity index (χ3v) is 4.27. The van der Waals surface area contributed by atoms with Crippen molar-refractivity contribution >= 4 is 29.4 Å². The van der Waals surface area contributed by atoms with Gasteiger partial charge in [-0.05, 0) is 31.0 Å². The number of imide groups is 1. The Morgan fingerprint density at radius 3 is 2.46 bits per heavy atom. The van der Waals surface area contributed by atoms with Crippen molar-refractivity contribution in [2.24, 2.45) is 5.10 Å². The van der Waals surface area contributed by atoms with E-state index in [1.165, 1.54) is 30.2 Å². The summed E-state index contributed by atoms with van der Waals surface area (Å²) < 4.78 is 5.11. The van der Waals surface area contributed by atoms with Gasteiger partial charge in [0.25, 0.3) is 17.5 Å². The maximum atomic E-state index is 12.3. The van der Waals surface area contributed by atoms with Gasteiger partial charge in [-0.1, -0.05) is 12.1 Å². The van der Waals surface area contributed by atoms with Crippen LogP contribution in [0.5, 0.6) is 5.75 Å². The summed E-state index contributed by atoms with van der Waals surface area (Å²) in [6.45, 7) is 0.305. The first-order chi connectivity index (χ1) is 13.5. The van der Waals surface area contributed by atoms with Gasteiger partial charge in [0.2, 0.25) is 0 Å². The molecular formula is C19H18N4O5. The number of nitrogens with zero attached hydrogens (tertiary/aromatic N) is 3. The van der Waals surface area contributed by atoms with Crippen LogP contribution in [-0.4, -0.2) is 41.5 Å². The minimum absolute atomic E-state index is 0.0766. The number of amides is 2. The molecule has 0 saturated carbocycles. The third kappa shape index (κ3) is 3.83. The number of unbranched alkanes of at least 4 members (excludes halogenated alkanes) is 1. The molecule has 1 N–H and O–H groups in total. The first-order valence-electron chi connectivity index (χ1n) is 8.58. The predicted octanol–water partition coefficient (Wildman–Crippen LogP) is 3.08. The Bertz CT molecular complexity index is 922. The molecule has 2 aromatic carbocycles. The lowest BCUT2D eigenvalue weighted by Gasteiger charge is -2.12. The number of non-ortho nitro benzene ring substituents is 1. The lowest BCUT2D eigenvalue weighted by Crippen LogP contribution is -2.30. The Morgan fingerprint density at radius 2 is 1.86 bits per heavy atom. The molecule has 0 aliphatic carbocycles. The Balaban J connectivity index is 1.50. The normalized spacial score (nSPS) is 13.1. The fraction of sp³-hybridized carbons (Fsp3) is 0.211. The van der Waals surface area contributed by atoms with Crippen molar-refractivity contribution < 1.29 is 19.2 Å². The second kappa shape index (κ2) is 8.30. The van der Waals surface area contributed by atoms with Crippen LogP contribution in [0.3, 0.4) is 0 Å². The number of methoxy groups -OCH3 is 1. The number of nitro benzene ring substituents is 1. The van der Waals surface area contributed by atoms with Crippen LogP contribution in [0.2, 0.25) is 0 Å². The molecule has 0 aromatic heterocycles. The highest BCUT2D eigenvalue weighted by atomic mass is 16.6. The van der Waals surface area contributed by atoms with E-state index in [1.807, 2.05) is 0 Å². The summed E-state index contributed by atoms with van der Waals surface area (Å²) in [5, 5.41) is 14.8. The summed E-state index contributed by atoms with van der Waals surface area (Å²) in [6, 6.07) is 10.9. The van der Waals surface area contributed by atoms with Gasteiger partial charge in [0.05, 0.1) is 34.9 Å². The molecule has 9 nitrogen and oxygen atoms in total. The van der Waals surface area contributed by atoms with Gasteiger partial charge in [0.15, 0.2) is 5.75 Å². The molecule has 3 rings (SSSR count). The largest absolute Gasteiger partial charge is 0.494 e. The van der Waals surface area contributed by atoms with Crippen molar-refractivity contribution in [3.63, 3.8) is 0 Å². The number of carbonyl (C=O) groups is 2. The first-order valence-corrected chi connectivity index (χ1v) is 8.58. The average Bonchev–Trinajstić information content (AvgIpc) is 2.95. The molecule has 1 heterocycles. The summed E-state index contributed by atoms with van der Waals surface area (Å²) in [4.78, 5) is 36.0. The third-order valence-electron chi connectivity index (χ3n) is 4.27. The number of anilines is 1. The molecular weight excluding hydrogens is 364 g/mol. The van der Waals surface area contributed by atoms with Crippen molar-refractivity contribution in [1.29, 1.82) is 0 Å². The summed E-state index contributed by atoms with van der Waals surface area (Å²) in [6.07, 6.45) is 2.71. The van der Waals surface area contributed by atoms with Crippen LogP contribution in [0, 0.1) is 10.1 Å². The number of hydrazone groups is 1. The molecule has 2 amide bonds. The number of nitro groups is 1. The molecule has 2 aromatic rings. The molecule has 1 aliphatic heterocycles. The van der Waals surface area contributed by atoms with Gasteiger partial charge < -0.3 is 4.74 Å². The number of carbonyl (C=O) groups excluding carboxylic acids is 2. The highest BCUT2D eigenvalue weighted by Crippen LogP contribution is 2.29. The van der Waals surface area contributed by atoms with E-state index in [0.717, 1.165) is 0 Å². The van der Waals surface area contributed by atoms with Crippen molar-refractivity contribution in [2.75, 3.05) is 19.1 Å². The molecule has 144 valence electrons. The topological polar surface area (TPSA) is 114 Å². The van der Waals surface area contributed by atoms with E-state index in [1.54, 1.807) is 30.5 Å². The van der Waals surface area contributed by atoms with Crippen molar-refractivity contribution in [2.45, 2.75) is 12.8 Å². The van der Waals surface area contributed by atoms with Gasteiger partial charge in [-0.2, -0.15) is 5.10 Å². The summed E-state index contributed by atoms with van der Waals surface area (Å²) in [7, 11) is 1.41. The van der Waals surface area contributed by atoms with E-state index in [-0.39, 0.29) is 17.5 Å². The number of ether oxygens (including phenoxy) is 1. The second-order valence-corrected chi connectivity index (χ2v) is 6.01. The Hall–Kier alpha value is -3.75. The van der Waals surface area contributed by atoms with Crippen molar-refractivity contribution in [3.05, 3.63) is 63.7 Å². The average molecular weight is 382 g/mol. The number of benzene rings is 2. The summed E-state index contributed by atoms with van der Waals surface area (Å²) >= 11 is 0. The zero-order chi connectivity index (χ0) is 20.1. The molecule has 0 atom stereocenters. The Morgan fingerprint density at radius 1 is 1.18 bits per heavy atom. The second-order valence-electron chi connectivity index (χ2n) is 6.01. The van der Waals surface area contributed by atoms with E-state index in [2.05, 4.69) is 10.5 Å². The standard InChI is InChI=1S/C19H18N4O5/c1-28-17-12-13(23(26)27)8-9-16(17)21-20-10-4-5-11-22-18(24)14-6-2-3-7-15(14)19(22)25/h2-3,6-10,12,21H,4-5,11H2,1H3/b20-10-. The van der Waals surface area contributed by atoms with Crippen LogP contribution in [0.1, 0.15) is 33.6 Å². The van der Waals surface area contributed by atoms with Crippen molar-refractivity contribution in [1.82, 2.24) is 4.90 Å². The number of hydrogen-bond donors (Lipinski definition) is 1. The highest BCUT2D eigenvalue weighted by Gasteiger charge is 2.34. The van der Waals surface area contributed by atoms with E-state index >= 15 is 0 Å². The fourth-order valence-corrected chi connectivity index (χ4v) is 2.85. The molecule has 0 bridgehead atoms. The minimum atomic E-state index is -0.505. The Kier molecular flexibility index (Phi) is 5.64. The van der Waals surface area contributed by atoms with Crippen LogP contribution in [0.25, 0.3) is 0 Å². The van der Waals surface area contributed by atoms with E-state index in [4.69, 9.17) is 4.74 Å². The number of hydrogen-bond acceptors (Lipinski definition) is 7. The zero-order valence-corrected chi connectivity index (χ0v) is 15.1. The van der Waals surface area contributed by atoms with E-state index < -0.39 is 4.92 Å². The van der Waals surface area contributed by atoms with Crippen LogP contribution in [0.15, 0.2) is 47.6 Å². The molecule has 0 fully saturated rings. The smallest absolute Gasteiger partial charge is 0.273 e.